The van der Waals surface area contributed by atoms with Gasteiger partial charge in [0.1, 0.15) is 5.76 Å². The van der Waals surface area contributed by atoms with Crippen LogP contribution in [-0.2, 0) is 4.79 Å². The van der Waals surface area contributed by atoms with Gasteiger partial charge < -0.3 is 14.7 Å². The number of thiophene rings is 1. The molecule has 0 aromatic carbocycles. The lowest BCUT2D eigenvalue weighted by molar-refractivity contribution is -0.121. The first kappa shape index (κ1) is 15.7. The van der Waals surface area contributed by atoms with E-state index in [-0.39, 0.29) is 17.7 Å². The lowest BCUT2D eigenvalue weighted by atomic mass is 9.96. The Morgan fingerprint density at radius 1 is 1.30 bits per heavy atom. The molecule has 1 N–H and O–H groups in total. The van der Waals surface area contributed by atoms with Crippen molar-refractivity contribution in [3.05, 3.63) is 33.7 Å². The zero-order valence-corrected chi connectivity index (χ0v) is 14.0. The van der Waals surface area contributed by atoms with Gasteiger partial charge in [0, 0.05) is 25.1 Å². The molecule has 1 aliphatic rings. The van der Waals surface area contributed by atoms with Crippen molar-refractivity contribution in [3.8, 4) is 0 Å². The summed E-state index contributed by atoms with van der Waals surface area (Å²) in [6, 6.07) is 3.61. The lowest BCUT2D eigenvalue weighted by Crippen LogP contribution is -2.41. The van der Waals surface area contributed by atoms with Gasteiger partial charge in [-0.1, -0.05) is 5.16 Å². The molecule has 2 amide bonds. The van der Waals surface area contributed by atoms with Gasteiger partial charge in [-0.05, 0) is 43.7 Å². The summed E-state index contributed by atoms with van der Waals surface area (Å²) >= 11 is 1.47. The molecule has 7 heteroatoms. The Morgan fingerprint density at radius 2 is 2.04 bits per heavy atom. The molecule has 0 saturated carbocycles. The molecule has 3 heterocycles. The van der Waals surface area contributed by atoms with Crippen LogP contribution < -0.4 is 5.32 Å². The fourth-order valence-corrected chi connectivity index (χ4v) is 3.56. The van der Waals surface area contributed by atoms with Crippen LogP contribution in [0.3, 0.4) is 0 Å². The highest BCUT2D eigenvalue weighted by atomic mass is 32.1. The van der Waals surface area contributed by atoms with E-state index >= 15 is 0 Å². The summed E-state index contributed by atoms with van der Waals surface area (Å²) in [4.78, 5) is 27.2. The predicted molar refractivity (Wildman–Crippen MR) is 87.6 cm³/mol. The van der Waals surface area contributed by atoms with Gasteiger partial charge in [-0.15, -0.1) is 11.3 Å². The van der Waals surface area contributed by atoms with Crippen LogP contribution in [-0.4, -0.2) is 35.0 Å². The number of carbonyl (C=O) groups excluding carboxylic acids is 2. The first-order chi connectivity index (χ1) is 11.0. The lowest BCUT2D eigenvalue weighted by Gasteiger charge is -2.30. The first-order valence-electron chi connectivity index (χ1n) is 7.61. The van der Waals surface area contributed by atoms with Crippen LogP contribution in [0.1, 0.15) is 33.8 Å². The smallest absolute Gasteiger partial charge is 0.263 e. The number of likely N-dealkylation sites (tertiary alicyclic amines) is 1. The van der Waals surface area contributed by atoms with E-state index in [1.165, 1.54) is 11.3 Å². The highest BCUT2D eigenvalue weighted by molar-refractivity contribution is 7.12. The molecule has 1 fully saturated rings. The number of aromatic nitrogens is 1. The van der Waals surface area contributed by atoms with E-state index in [4.69, 9.17) is 4.52 Å². The summed E-state index contributed by atoms with van der Waals surface area (Å²) in [6.07, 6.45) is 1.33. The van der Waals surface area contributed by atoms with Crippen molar-refractivity contribution in [2.75, 3.05) is 18.4 Å². The number of piperidine rings is 1. The number of nitrogens with one attached hydrogen (secondary N) is 1. The molecule has 0 atom stereocenters. The van der Waals surface area contributed by atoms with Gasteiger partial charge >= 0.3 is 0 Å². The monoisotopic (exact) mass is 333 g/mol. The number of aryl methyl sites for hydroxylation is 2. The fourth-order valence-electron chi connectivity index (χ4n) is 2.70. The van der Waals surface area contributed by atoms with Gasteiger partial charge in [0.15, 0.2) is 5.82 Å². The van der Waals surface area contributed by atoms with Gasteiger partial charge in [-0.2, -0.15) is 0 Å². The number of carbonyl (C=O) groups is 2. The maximum Gasteiger partial charge on any atom is 0.263 e. The maximum atomic E-state index is 12.4. The van der Waals surface area contributed by atoms with E-state index in [1.807, 2.05) is 23.3 Å². The third kappa shape index (κ3) is 3.61. The van der Waals surface area contributed by atoms with E-state index in [2.05, 4.69) is 10.5 Å². The molecule has 3 rings (SSSR count). The maximum absolute atomic E-state index is 12.4. The van der Waals surface area contributed by atoms with Gasteiger partial charge in [-0.25, -0.2) is 0 Å². The van der Waals surface area contributed by atoms with E-state index in [0.29, 0.717) is 37.5 Å². The largest absolute Gasteiger partial charge is 0.360 e. The molecule has 1 aliphatic heterocycles. The Labute approximate surface area is 138 Å². The summed E-state index contributed by atoms with van der Waals surface area (Å²) < 4.78 is 4.94. The van der Waals surface area contributed by atoms with Gasteiger partial charge in [0.05, 0.1) is 4.88 Å². The Morgan fingerprint density at radius 3 is 2.61 bits per heavy atom. The second-order valence-corrected chi connectivity index (χ2v) is 6.78. The predicted octanol–water partition coefficient (Wildman–Crippen LogP) is 2.84. The van der Waals surface area contributed by atoms with Crippen LogP contribution in [0.25, 0.3) is 0 Å². The molecule has 1 saturated heterocycles. The second-order valence-electron chi connectivity index (χ2n) is 5.87. The van der Waals surface area contributed by atoms with E-state index in [9.17, 15) is 9.59 Å². The van der Waals surface area contributed by atoms with E-state index in [0.717, 1.165) is 10.4 Å². The average Bonchev–Trinajstić information content (AvgIpc) is 3.15. The third-order valence-electron chi connectivity index (χ3n) is 3.97. The summed E-state index contributed by atoms with van der Waals surface area (Å²) in [5.74, 6) is 1.01. The Balaban J connectivity index is 1.53. The van der Waals surface area contributed by atoms with Crippen molar-refractivity contribution >= 4 is 29.0 Å². The molecule has 122 valence electrons. The van der Waals surface area contributed by atoms with Crippen molar-refractivity contribution in [2.24, 2.45) is 5.92 Å². The quantitative estimate of drug-likeness (QED) is 0.937. The van der Waals surface area contributed by atoms with Crippen LogP contribution in [0.2, 0.25) is 0 Å². The van der Waals surface area contributed by atoms with Gasteiger partial charge in [0.25, 0.3) is 5.91 Å². The van der Waals surface area contributed by atoms with Crippen molar-refractivity contribution in [1.29, 1.82) is 0 Å². The summed E-state index contributed by atoms with van der Waals surface area (Å²) in [5.41, 5.74) is 1.11. The Kier molecular flexibility index (Phi) is 4.47. The van der Waals surface area contributed by atoms with Crippen LogP contribution in [0, 0.1) is 19.8 Å². The summed E-state index contributed by atoms with van der Waals surface area (Å²) in [5, 5.41) is 8.51. The zero-order chi connectivity index (χ0) is 16.4. The number of nitrogens with zero attached hydrogens (tertiary/aromatic N) is 2. The molecule has 2 aromatic heterocycles. The molecule has 0 radical (unpaired) electrons. The number of amides is 2. The van der Waals surface area contributed by atoms with Crippen molar-refractivity contribution < 1.29 is 14.1 Å². The Hall–Kier alpha value is -2.15. The minimum absolute atomic E-state index is 0.0580. The molecular weight excluding hydrogens is 314 g/mol. The van der Waals surface area contributed by atoms with E-state index in [1.54, 1.807) is 13.0 Å². The van der Waals surface area contributed by atoms with Crippen LogP contribution in [0.15, 0.2) is 22.0 Å². The number of rotatable bonds is 3. The zero-order valence-electron chi connectivity index (χ0n) is 13.2. The van der Waals surface area contributed by atoms with Crippen LogP contribution >= 0.6 is 11.3 Å². The van der Waals surface area contributed by atoms with Crippen molar-refractivity contribution in [1.82, 2.24) is 10.1 Å². The normalized spacial score (nSPS) is 15.7. The van der Waals surface area contributed by atoms with Crippen LogP contribution in [0.4, 0.5) is 5.82 Å². The number of hydrogen-bond acceptors (Lipinski definition) is 5. The van der Waals surface area contributed by atoms with Gasteiger partial charge in [0.2, 0.25) is 5.91 Å². The molecule has 0 unspecified atom stereocenters. The number of anilines is 1. The molecule has 0 aliphatic carbocycles. The molecule has 6 nitrogen and oxygen atoms in total. The molecule has 0 bridgehead atoms. The topological polar surface area (TPSA) is 75.4 Å². The standard InChI is InChI=1S/C16H19N3O3S/c1-10-7-13(23-9-10)16(21)19-5-3-12(4-6-19)15(20)17-14-8-11(2)22-18-14/h7-9,12H,3-6H2,1-2H3,(H,17,18,20). The average molecular weight is 333 g/mol. The second kappa shape index (κ2) is 6.54. The van der Waals surface area contributed by atoms with Crippen molar-refractivity contribution in [2.45, 2.75) is 26.7 Å². The highest BCUT2D eigenvalue weighted by Crippen LogP contribution is 2.23. The SMILES string of the molecule is Cc1csc(C(=O)N2CCC(C(=O)Nc3cc(C)on3)CC2)c1. The van der Waals surface area contributed by atoms with Crippen molar-refractivity contribution in [3.63, 3.8) is 0 Å². The Bertz CT molecular complexity index is 714. The van der Waals surface area contributed by atoms with Gasteiger partial charge in [-0.3, -0.25) is 9.59 Å². The summed E-state index contributed by atoms with van der Waals surface area (Å²) in [7, 11) is 0. The van der Waals surface area contributed by atoms with Crippen LogP contribution in [0.5, 0.6) is 0 Å². The minimum Gasteiger partial charge on any atom is -0.360 e. The molecule has 23 heavy (non-hydrogen) atoms. The number of hydrogen-bond donors (Lipinski definition) is 1. The fraction of sp³-hybridized carbons (Fsp3) is 0.438. The van der Waals surface area contributed by atoms with E-state index < -0.39 is 0 Å². The molecule has 2 aromatic rings. The highest BCUT2D eigenvalue weighted by Gasteiger charge is 2.28. The third-order valence-corrected chi connectivity index (χ3v) is 5.01. The minimum atomic E-state index is -0.0962. The first-order valence-corrected chi connectivity index (χ1v) is 8.49. The molecular formula is C16H19N3O3S. The summed E-state index contributed by atoms with van der Waals surface area (Å²) in [6.45, 7) is 4.96. The molecule has 0 spiro atoms.